The van der Waals surface area contributed by atoms with E-state index in [1.54, 1.807) is 0 Å². The van der Waals surface area contributed by atoms with E-state index in [-0.39, 0.29) is 0 Å². The zero-order valence-corrected chi connectivity index (χ0v) is 17.3. The van der Waals surface area contributed by atoms with E-state index in [2.05, 4.69) is 13.8 Å². The minimum Gasteiger partial charge on any atom is -0.786 e. The van der Waals surface area contributed by atoms with Crippen LogP contribution in [0.3, 0.4) is 0 Å². The standard InChI is InChI=1S/C20H42O3P/c1-3-5-7-9-11-13-15-17-19-22-24(21)23-20-18-16-14-12-10-8-6-4-2/h3-20H2,1-2H3/q-1. The van der Waals surface area contributed by atoms with Crippen molar-refractivity contribution in [3.63, 3.8) is 0 Å². The fraction of sp³-hybridized carbons (Fsp3) is 1.00. The first-order chi connectivity index (χ1) is 11.8. The highest BCUT2D eigenvalue weighted by molar-refractivity contribution is 7.39. The van der Waals surface area contributed by atoms with E-state index in [0.717, 1.165) is 12.8 Å². The average Bonchev–Trinajstić information content (AvgIpc) is 2.59. The van der Waals surface area contributed by atoms with Crippen LogP contribution in [0.4, 0.5) is 0 Å². The first-order valence-electron chi connectivity index (χ1n) is 10.5. The predicted molar refractivity (Wildman–Crippen MR) is 104 cm³/mol. The Bertz CT molecular complexity index is 205. The van der Waals surface area contributed by atoms with Crippen molar-refractivity contribution in [1.82, 2.24) is 0 Å². The number of rotatable bonds is 20. The van der Waals surface area contributed by atoms with Crippen LogP contribution in [0.2, 0.25) is 0 Å². The first-order valence-corrected chi connectivity index (χ1v) is 11.6. The number of hydrogen-bond donors (Lipinski definition) is 0. The topological polar surface area (TPSA) is 41.5 Å². The van der Waals surface area contributed by atoms with Crippen molar-refractivity contribution in [3.8, 4) is 0 Å². The first kappa shape index (κ1) is 24.3. The molecule has 0 saturated heterocycles. The maximum absolute atomic E-state index is 11.6. The molecular weight excluding hydrogens is 319 g/mol. The quantitative estimate of drug-likeness (QED) is 0.175. The van der Waals surface area contributed by atoms with Crippen LogP contribution in [0.5, 0.6) is 0 Å². The minimum absolute atomic E-state index is 0.571. The third kappa shape index (κ3) is 20.4. The smallest absolute Gasteiger partial charge is 0.0828 e. The highest BCUT2D eigenvalue weighted by Crippen LogP contribution is 2.28. The summed E-state index contributed by atoms with van der Waals surface area (Å²) in [5.41, 5.74) is 0. The molecule has 0 bridgehead atoms. The van der Waals surface area contributed by atoms with Crippen LogP contribution in [0, 0.1) is 0 Å². The van der Waals surface area contributed by atoms with Crippen molar-refractivity contribution in [3.05, 3.63) is 0 Å². The molecule has 0 unspecified atom stereocenters. The van der Waals surface area contributed by atoms with E-state index in [4.69, 9.17) is 9.05 Å². The van der Waals surface area contributed by atoms with Crippen LogP contribution >= 0.6 is 8.60 Å². The van der Waals surface area contributed by atoms with Crippen molar-refractivity contribution in [2.75, 3.05) is 13.2 Å². The van der Waals surface area contributed by atoms with Gasteiger partial charge >= 0.3 is 0 Å². The molecule has 0 aliphatic heterocycles. The molecule has 0 N–H and O–H groups in total. The van der Waals surface area contributed by atoms with Gasteiger partial charge in [-0.1, -0.05) is 104 Å². The Kier molecular flexibility index (Phi) is 21.6. The van der Waals surface area contributed by atoms with Crippen molar-refractivity contribution >= 4 is 8.60 Å². The Morgan fingerprint density at radius 3 is 1.12 bits per heavy atom. The molecule has 0 atom stereocenters. The van der Waals surface area contributed by atoms with E-state index in [9.17, 15) is 4.89 Å². The van der Waals surface area contributed by atoms with Gasteiger partial charge in [-0.15, -0.1) is 0 Å². The maximum Gasteiger partial charge on any atom is 0.0828 e. The van der Waals surface area contributed by atoms with Crippen LogP contribution in [0.25, 0.3) is 0 Å². The molecule has 0 spiro atoms. The van der Waals surface area contributed by atoms with E-state index in [1.165, 1.54) is 89.9 Å². The van der Waals surface area contributed by atoms with Gasteiger partial charge in [0.1, 0.15) is 0 Å². The Labute approximate surface area is 152 Å². The van der Waals surface area contributed by atoms with Gasteiger partial charge in [0.05, 0.1) is 21.8 Å². The third-order valence-corrected chi connectivity index (χ3v) is 5.18. The minimum atomic E-state index is -1.90. The summed E-state index contributed by atoms with van der Waals surface area (Å²) in [4.78, 5) is 11.6. The Morgan fingerprint density at radius 1 is 0.500 bits per heavy atom. The second-order valence-electron chi connectivity index (χ2n) is 6.84. The molecule has 0 aromatic rings. The van der Waals surface area contributed by atoms with Crippen LogP contribution in [-0.4, -0.2) is 13.2 Å². The lowest BCUT2D eigenvalue weighted by Gasteiger charge is -2.22. The molecule has 0 rings (SSSR count). The lowest BCUT2D eigenvalue weighted by molar-refractivity contribution is -0.204. The van der Waals surface area contributed by atoms with E-state index in [1.807, 2.05) is 0 Å². The SMILES string of the molecule is CCCCCCCCCCOP([O-])OCCCCCCCCCC. The summed E-state index contributed by atoms with van der Waals surface area (Å²) in [5, 5.41) is 0. The van der Waals surface area contributed by atoms with Crippen molar-refractivity contribution < 1.29 is 13.9 Å². The van der Waals surface area contributed by atoms with Gasteiger partial charge in [-0.25, -0.2) is 0 Å². The van der Waals surface area contributed by atoms with Gasteiger partial charge in [0.2, 0.25) is 0 Å². The molecular formula is C20H42O3P-. The van der Waals surface area contributed by atoms with Crippen LogP contribution in [-0.2, 0) is 9.05 Å². The van der Waals surface area contributed by atoms with Crippen LogP contribution < -0.4 is 4.89 Å². The Balaban J connectivity index is 3.12. The summed E-state index contributed by atoms with van der Waals surface area (Å²) < 4.78 is 10.5. The molecule has 0 saturated carbocycles. The monoisotopic (exact) mass is 361 g/mol. The van der Waals surface area contributed by atoms with Crippen molar-refractivity contribution in [2.45, 2.75) is 117 Å². The molecule has 4 heteroatoms. The van der Waals surface area contributed by atoms with E-state index in [0.29, 0.717) is 13.2 Å². The molecule has 146 valence electrons. The fourth-order valence-corrected chi connectivity index (χ4v) is 3.42. The summed E-state index contributed by atoms with van der Waals surface area (Å²) in [6.45, 7) is 5.63. The second-order valence-corrected chi connectivity index (χ2v) is 7.80. The molecule has 0 radical (unpaired) electrons. The molecule has 3 nitrogen and oxygen atoms in total. The lowest BCUT2D eigenvalue weighted by atomic mass is 10.1. The zero-order valence-electron chi connectivity index (χ0n) is 16.4. The van der Waals surface area contributed by atoms with E-state index >= 15 is 0 Å². The largest absolute Gasteiger partial charge is 0.786 e. The van der Waals surface area contributed by atoms with Crippen LogP contribution in [0.15, 0.2) is 0 Å². The molecule has 0 heterocycles. The van der Waals surface area contributed by atoms with Gasteiger partial charge in [-0.05, 0) is 12.8 Å². The normalized spacial score (nSPS) is 11.5. The second kappa shape index (κ2) is 21.4. The van der Waals surface area contributed by atoms with Gasteiger partial charge in [0.15, 0.2) is 0 Å². The van der Waals surface area contributed by atoms with Gasteiger partial charge in [-0.2, -0.15) is 0 Å². The summed E-state index contributed by atoms with van der Waals surface area (Å²) >= 11 is 0. The van der Waals surface area contributed by atoms with Gasteiger partial charge in [0, 0.05) is 0 Å². The van der Waals surface area contributed by atoms with Crippen molar-refractivity contribution in [2.24, 2.45) is 0 Å². The lowest BCUT2D eigenvalue weighted by Crippen LogP contribution is -2.05. The van der Waals surface area contributed by atoms with Gasteiger partial charge in [0.25, 0.3) is 0 Å². The summed E-state index contributed by atoms with van der Waals surface area (Å²) in [6.07, 6.45) is 20.3. The van der Waals surface area contributed by atoms with Gasteiger partial charge < -0.3 is 13.9 Å². The molecule has 0 amide bonds. The third-order valence-electron chi connectivity index (χ3n) is 4.39. The molecule has 0 aliphatic rings. The molecule has 0 aromatic carbocycles. The molecule has 0 aliphatic carbocycles. The summed E-state index contributed by atoms with van der Waals surface area (Å²) in [6, 6.07) is 0. The fourth-order valence-electron chi connectivity index (χ4n) is 2.79. The Hall–Kier alpha value is 0.310. The van der Waals surface area contributed by atoms with E-state index < -0.39 is 8.60 Å². The zero-order chi connectivity index (χ0) is 17.7. The van der Waals surface area contributed by atoms with Crippen LogP contribution in [0.1, 0.15) is 117 Å². The number of hydrogen-bond acceptors (Lipinski definition) is 3. The molecule has 24 heavy (non-hydrogen) atoms. The number of unbranched alkanes of at least 4 members (excludes halogenated alkanes) is 14. The highest BCUT2D eigenvalue weighted by Gasteiger charge is 1.97. The van der Waals surface area contributed by atoms with Crippen molar-refractivity contribution in [1.29, 1.82) is 0 Å². The average molecular weight is 362 g/mol. The molecule has 0 fully saturated rings. The molecule has 0 aromatic heterocycles. The summed E-state index contributed by atoms with van der Waals surface area (Å²) in [7, 11) is -1.90. The maximum atomic E-state index is 11.6. The van der Waals surface area contributed by atoms with Gasteiger partial charge in [-0.3, -0.25) is 0 Å². The summed E-state index contributed by atoms with van der Waals surface area (Å²) in [5.74, 6) is 0. The highest BCUT2D eigenvalue weighted by atomic mass is 31.2. The Morgan fingerprint density at radius 2 is 0.792 bits per heavy atom. The predicted octanol–water partition coefficient (Wildman–Crippen LogP) is 6.89.